The number of aromatic amines is 1. The Labute approximate surface area is 103 Å². The molecule has 1 fully saturated rings. The molecule has 3 nitrogen and oxygen atoms in total. The summed E-state index contributed by atoms with van der Waals surface area (Å²) in [6.07, 6.45) is 4.13. The van der Waals surface area contributed by atoms with Gasteiger partial charge in [-0.3, -0.25) is 5.10 Å². The van der Waals surface area contributed by atoms with Crippen LogP contribution in [0.1, 0.15) is 18.4 Å². The van der Waals surface area contributed by atoms with Gasteiger partial charge in [-0.15, -0.1) is 0 Å². The molecule has 0 bridgehead atoms. The average molecular weight is 249 g/mol. The van der Waals surface area contributed by atoms with Gasteiger partial charge in [0, 0.05) is 23.7 Å². The quantitative estimate of drug-likeness (QED) is 0.874. The van der Waals surface area contributed by atoms with Crippen LogP contribution in [0.4, 0.5) is 8.78 Å². The fourth-order valence-corrected chi connectivity index (χ4v) is 1.89. The van der Waals surface area contributed by atoms with Crippen molar-refractivity contribution in [2.45, 2.75) is 25.4 Å². The van der Waals surface area contributed by atoms with E-state index in [1.165, 1.54) is 18.9 Å². The lowest BCUT2D eigenvalue weighted by Crippen LogP contribution is -2.15. The Morgan fingerprint density at radius 1 is 1.28 bits per heavy atom. The third-order valence-corrected chi connectivity index (χ3v) is 3.08. The van der Waals surface area contributed by atoms with Gasteiger partial charge in [0.05, 0.1) is 11.9 Å². The Morgan fingerprint density at radius 3 is 2.83 bits per heavy atom. The standard InChI is InChI=1S/C13H13F2N3/c14-11-4-1-8(5-12(11)15)13-9(7-17-18-13)6-16-10-2-3-10/h1,4-5,7,10,16H,2-3,6H2,(H,17,18). The smallest absolute Gasteiger partial charge is 0.159 e. The van der Waals surface area contributed by atoms with E-state index in [0.717, 1.165) is 17.3 Å². The van der Waals surface area contributed by atoms with Crippen LogP contribution in [0.25, 0.3) is 11.3 Å². The van der Waals surface area contributed by atoms with Crippen molar-refractivity contribution >= 4 is 0 Å². The molecular weight excluding hydrogens is 236 g/mol. The number of H-pyrrole nitrogens is 1. The lowest BCUT2D eigenvalue weighted by Gasteiger charge is -2.05. The van der Waals surface area contributed by atoms with Crippen molar-refractivity contribution in [3.8, 4) is 11.3 Å². The first-order valence-corrected chi connectivity index (χ1v) is 5.95. The maximum Gasteiger partial charge on any atom is 0.159 e. The molecule has 94 valence electrons. The summed E-state index contributed by atoms with van der Waals surface area (Å²) < 4.78 is 26.1. The third-order valence-electron chi connectivity index (χ3n) is 3.08. The molecule has 1 aliphatic carbocycles. The summed E-state index contributed by atoms with van der Waals surface area (Å²) in [5.41, 5.74) is 2.31. The van der Waals surface area contributed by atoms with Gasteiger partial charge < -0.3 is 5.32 Å². The number of rotatable bonds is 4. The van der Waals surface area contributed by atoms with Gasteiger partial charge in [-0.25, -0.2) is 8.78 Å². The summed E-state index contributed by atoms with van der Waals surface area (Å²) in [6.45, 7) is 0.690. The van der Waals surface area contributed by atoms with Crippen LogP contribution in [0.2, 0.25) is 0 Å². The van der Waals surface area contributed by atoms with E-state index < -0.39 is 11.6 Å². The largest absolute Gasteiger partial charge is 0.310 e. The maximum atomic E-state index is 13.2. The second-order valence-corrected chi connectivity index (χ2v) is 4.55. The first-order chi connectivity index (χ1) is 8.74. The van der Waals surface area contributed by atoms with E-state index in [1.54, 1.807) is 12.3 Å². The highest BCUT2D eigenvalue weighted by Crippen LogP contribution is 2.24. The van der Waals surface area contributed by atoms with E-state index in [-0.39, 0.29) is 0 Å². The average Bonchev–Trinajstić information content (AvgIpc) is 3.08. The molecule has 0 unspecified atom stereocenters. The normalized spacial score (nSPS) is 15.0. The SMILES string of the molecule is Fc1ccc(-c2[nH]ncc2CNC2CC2)cc1F. The van der Waals surface area contributed by atoms with Crippen LogP contribution in [0.15, 0.2) is 24.4 Å². The predicted molar refractivity (Wildman–Crippen MR) is 63.8 cm³/mol. The van der Waals surface area contributed by atoms with Crippen molar-refractivity contribution in [2.24, 2.45) is 0 Å². The summed E-state index contributed by atoms with van der Waals surface area (Å²) in [7, 11) is 0. The van der Waals surface area contributed by atoms with Gasteiger partial charge in [-0.05, 0) is 31.0 Å². The summed E-state index contributed by atoms with van der Waals surface area (Å²) in [4.78, 5) is 0. The van der Waals surface area contributed by atoms with Crippen LogP contribution in [0.3, 0.4) is 0 Å². The van der Waals surface area contributed by atoms with E-state index in [4.69, 9.17) is 0 Å². The predicted octanol–water partition coefficient (Wildman–Crippen LogP) is 2.61. The Balaban J connectivity index is 1.85. The van der Waals surface area contributed by atoms with Crippen molar-refractivity contribution in [3.63, 3.8) is 0 Å². The van der Waals surface area contributed by atoms with Crippen LogP contribution in [0.5, 0.6) is 0 Å². The zero-order valence-corrected chi connectivity index (χ0v) is 9.71. The van der Waals surface area contributed by atoms with Crippen molar-refractivity contribution in [3.05, 3.63) is 41.6 Å². The maximum absolute atomic E-state index is 13.2. The van der Waals surface area contributed by atoms with Crippen molar-refractivity contribution in [1.29, 1.82) is 0 Å². The molecule has 5 heteroatoms. The molecular formula is C13H13F2N3. The van der Waals surface area contributed by atoms with Gasteiger partial charge in [0.2, 0.25) is 0 Å². The van der Waals surface area contributed by atoms with Gasteiger partial charge in [-0.1, -0.05) is 0 Å². The molecule has 1 aromatic carbocycles. The fraction of sp³-hybridized carbons (Fsp3) is 0.308. The van der Waals surface area contributed by atoms with Gasteiger partial charge >= 0.3 is 0 Å². The molecule has 0 radical (unpaired) electrons. The zero-order chi connectivity index (χ0) is 12.5. The van der Waals surface area contributed by atoms with Crippen molar-refractivity contribution in [2.75, 3.05) is 0 Å². The van der Waals surface area contributed by atoms with Gasteiger partial charge in [0.1, 0.15) is 0 Å². The summed E-state index contributed by atoms with van der Waals surface area (Å²) in [5, 5.41) is 10.2. The second-order valence-electron chi connectivity index (χ2n) is 4.55. The lowest BCUT2D eigenvalue weighted by atomic mass is 10.1. The molecule has 18 heavy (non-hydrogen) atoms. The van der Waals surface area contributed by atoms with Crippen molar-refractivity contribution in [1.82, 2.24) is 15.5 Å². The van der Waals surface area contributed by atoms with E-state index in [0.29, 0.717) is 18.2 Å². The minimum absolute atomic E-state index is 0.595. The van der Waals surface area contributed by atoms with E-state index >= 15 is 0 Å². The monoisotopic (exact) mass is 249 g/mol. The molecule has 1 saturated carbocycles. The molecule has 0 amide bonds. The molecule has 0 spiro atoms. The van der Waals surface area contributed by atoms with Gasteiger partial charge in [-0.2, -0.15) is 5.10 Å². The number of halogens is 2. The van der Waals surface area contributed by atoms with Crippen LogP contribution in [-0.4, -0.2) is 16.2 Å². The van der Waals surface area contributed by atoms with Gasteiger partial charge in [0.15, 0.2) is 11.6 Å². The van der Waals surface area contributed by atoms with Crippen molar-refractivity contribution < 1.29 is 8.78 Å². The highest BCUT2D eigenvalue weighted by Gasteiger charge is 2.21. The Hall–Kier alpha value is -1.75. The summed E-state index contributed by atoms with van der Waals surface area (Å²) >= 11 is 0. The Kier molecular flexibility index (Phi) is 2.83. The van der Waals surface area contributed by atoms with Gasteiger partial charge in [0.25, 0.3) is 0 Å². The minimum Gasteiger partial charge on any atom is -0.310 e. The molecule has 1 aromatic heterocycles. The van der Waals surface area contributed by atoms with Crippen LogP contribution >= 0.6 is 0 Å². The first kappa shape index (κ1) is 11.3. The third kappa shape index (κ3) is 2.26. The number of nitrogens with zero attached hydrogens (tertiary/aromatic N) is 1. The minimum atomic E-state index is -0.844. The molecule has 0 atom stereocenters. The van der Waals surface area contributed by atoms with Crippen LogP contribution in [0, 0.1) is 11.6 Å². The lowest BCUT2D eigenvalue weighted by molar-refractivity contribution is 0.509. The molecule has 0 saturated heterocycles. The molecule has 1 heterocycles. The fourth-order valence-electron chi connectivity index (χ4n) is 1.89. The van der Waals surface area contributed by atoms with E-state index in [1.807, 2.05) is 0 Å². The first-order valence-electron chi connectivity index (χ1n) is 5.95. The van der Waals surface area contributed by atoms with Crippen LogP contribution < -0.4 is 5.32 Å². The zero-order valence-electron chi connectivity index (χ0n) is 9.71. The van der Waals surface area contributed by atoms with Crippen LogP contribution in [-0.2, 0) is 6.54 Å². The Morgan fingerprint density at radius 2 is 2.11 bits per heavy atom. The number of hydrogen-bond acceptors (Lipinski definition) is 2. The molecule has 0 aliphatic heterocycles. The second kappa shape index (κ2) is 4.49. The Bertz CT molecular complexity index is 561. The highest BCUT2D eigenvalue weighted by molar-refractivity contribution is 5.62. The molecule has 3 rings (SSSR count). The number of hydrogen-bond donors (Lipinski definition) is 2. The summed E-state index contributed by atoms with van der Waals surface area (Å²) in [6, 6.07) is 4.46. The molecule has 1 aliphatic rings. The van der Waals surface area contributed by atoms with E-state index in [9.17, 15) is 8.78 Å². The number of aromatic nitrogens is 2. The number of benzene rings is 1. The topological polar surface area (TPSA) is 40.7 Å². The molecule has 2 aromatic rings. The summed E-state index contributed by atoms with van der Waals surface area (Å²) in [5.74, 6) is -1.68. The highest BCUT2D eigenvalue weighted by atomic mass is 19.2. The number of nitrogens with one attached hydrogen (secondary N) is 2. The molecule has 2 N–H and O–H groups in total. The van der Waals surface area contributed by atoms with E-state index in [2.05, 4.69) is 15.5 Å².